The van der Waals surface area contributed by atoms with Crippen molar-refractivity contribution in [3.05, 3.63) is 24.3 Å². The quantitative estimate of drug-likeness (QED) is 0.291. The van der Waals surface area contributed by atoms with Crippen molar-refractivity contribution in [3.63, 3.8) is 0 Å². The molecule has 0 saturated heterocycles. The van der Waals surface area contributed by atoms with Crippen LogP contribution < -0.4 is 0 Å². The number of ketones is 1. The van der Waals surface area contributed by atoms with Crippen LogP contribution in [0.4, 0.5) is 0 Å². The summed E-state index contributed by atoms with van der Waals surface area (Å²) in [6.07, 6.45) is 22.3. The third-order valence-corrected chi connectivity index (χ3v) is 3.34. The molecule has 3 heteroatoms. The SMILES string of the molecule is CC(C)=O.CCCCC/C=C\C/C=C\CCCCCCCC(=O)O. The number of Topliss-reactive ketones (excluding diaryl/α,β-unsaturated/α-hetero) is 1. The molecule has 0 radical (unpaired) electrons. The van der Waals surface area contributed by atoms with Crippen LogP contribution in [0.1, 0.15) is 97.8 Å². The first-order valence-corrected chi connectivity index (χ1v) is 9.49. The van der Waals surface area contributed by atoms with Crippen molar-refractivity contribution in [2.75, 3.05) is 0 Å². The zero-order valence-corrected chi connectivity index (χ0v) is 16.1. The van der Waals surface area contributed by atoms with Crippen LogP contribution in [0.3, 0.4) is 0 Å². The van der Waals surface area contributed by atoms with Crippen LogP contribution in [0.15, 0.2) is 24.3 Å². The molecule has 0 rings (SSSR count). The van der Waals surface area contributed by atoms with Gasteiger partial charge in [-0.2, -0.15) is 0 Å². The van der Waals surface area contributed by atoms with Crippen LogP contribution in [0, 0.1) is 0 Å². The maximum absolute atomic E-state index is 10.3. The Morgan fingerprint density at radius 2 is 1.21 bits per heavy atom. The van der Waals surface area contributed by atoms with Crippen LogP contribution in [0.5, 0.6) is 0 Å². The third-order valence-electron chi connectivity index (χ3n) is 3.34. The van der Waals surface area contributed by atoms with Crippen molar-refractivity contribution in [1.82, 2.24) is 0 Å². The highest BCUT2D eigenvalue weighted by molar-refractivity contribution is 5.72. The summed E-state index contributed by atoms with van der Waals surface area (Å²) in [4.78, 5) is 19.8. The van der Waals surface area contributed by atoms with Gasteiger partial charge in [-0.1, -0.05) is 63.3 Å². The zero-order chi connectivity index (χ0) is 18.5. The van der Waals surface area contributed by atoms with Crippen LogP contribution in [-0.2, 0) is 9.59 Å². The fourth-order valence-corrected chi connectivity index (χ4v) is 2.09. The van der Waals surface area contributed by atoms with Crippen molar-refractivity contribution >= 4 is 11.8 Å². The number of carbonyl (C=O) groups excluding carboxylic acids is 1. The number of carbonyl (C=O) groups is 2. The Morgan fingerprint density at radius 1 is 0.750 bits per heavy atom. The van der Waals surface area contributed by atoms with E-state index >= 15 is 0 Å². The minimum Gasteiger partial charge on any atom is -0.481 e. The molecule has 0 fully saturated rings. The smallest absolute Gasteiger partial charge is 0.303 e. The van der Waals surface area contributed by atoms with Gasteiger partial charge in [0.05, 0.1) is 0 Å². The largest absolute Gasteiger partial charge is 0.481 e. The van der Waals surface area contributed by atoms with Crippen molar-refractivity contribution < 1.29 is 14.7 Å². The lowest BCUT2D eigenvalue weighted by molar-refractivity contribution is -0.137. The van der Waals surface area contributed by atoms with Gasteiger partial charge in [0.25, 0.3) is 0 Å². The Morgan fingerprint density at radius 3 is 1.71 bits per heavy atom. The predicted molar refractivity (Wildman–Crippen MR) is 103 cm³/mol. The van der Waals surface area contributed by atoms with Crippen molar-refractivity contribution in [2.45, 2.75) is 97.8 Å². The van der Waals surface area contributed by atoms with E-state index in [9.17, 15) is 9.59 Å². The van der Waals surface area contributed by atoms with E-state index in [1.807, 2.05) is 0 Å². The number of hydrogen-bond acceptors (Lipinski definition) is 2. The van der Waals surface area contributed by atoms with Gasteiger partial charge in [-0.15, -0.1) is 0 Å². The van der Waals surface area contributed by atoms with E-state index in [0.717, 1.165) is 25.7 Å². The van der Waals surface area contributed by atoms with Gasteiger partial charge in [0.2, 0.25) is 0 Å². The van der Waals surface area contributed by atoms with Crippen LogP contribution in [0.2, 0.25) is 0 Å². The lowest BCUT2D eigenvalue weighted by Gasteiger charge is -1.98. The van der Waals surface area contributed by atoms with Crippen molar-refractivity contribution in [2.24, 2.45) is 0 Å². The highest BCUT2D eigenvalue weighted by atomic mass is 16.4. The average molecular weight is 339 g/mol. The Kier molecular flexibility index (Phi) is 22.4. The average Bonchev–Trinajstić information content (AvgIpc) is 2.50. The monoisotopic (exact) mass is 338 g/mol. The molecule has 0 aliphatic rings. The molecule has 24 heavy (non-hydrogen) atoms. The van der Waals surface area contributed by atoms with Gasteiger partial charge in [-0.05, 0) is 52.4 Å². The van der Waals surface area contributed by atoms with E-state index in [0.29, 0.717) is 6.42 Å². The molecule has 0 saturated carbocycles. The lowest BCUT2D eigenvalue weighted by atomic mass is 10.1. The minimum absolute atomic E-state index is 0.167. The fourth-order valence-electron chi connectivity index (χ4n) is 2.09. The summed E-state index contributed by atoms with van der Waals surface area (Å²) in [5, 5.41) is 8.50. The molecule has 0 bridgehead atoms. The predicted octanol–water partition coefficient (Wildman–Crippen LogP) is 6.48. The molecule has 1 N–H and O–H groups in total. The van der Waals surface area contributed by atoms with E-state index < -0.39 is 5.97 Å². The third kappa shape index (κ3) is 32.5. The first kappa shape index (κ1) is 24.9. The van der Waals surface area contributed by atoms with Crippen molar-refractivity contribution in [1.29, 1.82) is 0 Å². The molecule has 0 heterocycles. The molecule has 0 amide bonds. The molecule has 0 spiro atoms. The first-order valence-electron chi connectivity index (χ1n) is 9.49. The number of unbranched alkanes of at least 4 members (excludes halogenated alkanes) is 8. The number of aliphatic carboxylic acids is 1. The number of carboxylic acids is 1. The molecule has 3 nitrogen and oxygen atoms in total. The minimum atomic E-state index is -0.671. The Labute approximate surface area is 149 Å². The zero-order valence-electron chi connectivity index (χ0n) is 16.1. The number of hydrogen-bond donors (Lipinski definition) is 1. The maximum Gasteiger partial charge on any atom is 0.303 e. The topological polar surface area (TPSA) is 54.4 Å². The van der Waals surface area contributed by atoms with E-state index in [2.05, 4.69) is 31.2 Å². The Balaban J connectivity index is 0. The highest BCUT2D eigenvalue weighted by Gasteiger charge is 1.95. The normalized spacial score (nSPS) is 10.8. The van der Waals surface area contributed by atoms with Gasteiger partial charge >= 0.3 is 5.97 Å². The van der Waals surface area contributed by atoms with Gasteiger partial charge in [0, 0.05) is 6.42 Å². The summed E-state index contributed by atoms with van der Waals surface area (Å²) in [6, 6.07) is 0. The second kappa shape index (κ2) is 21.6. The van der Waals surface area contributed by atoms with Gasteiger partial charge < -0.3 is 9.90 Å². The van der Waals surface area contributed by atoms with E-state index in [-0.39, 0.29) is 5.78 Å². The summed E-state index contributed by atoms with van der Waals surface area (Å²) in [7, 11) is 0. The summed E-state index contributed by atoms with van der Waals surface area (Å²) in [5.41, 5.74) is 0. The number of rotatable bonds is 14. The van der Waals surface area contributed by atoms with Crippen LogP contribution in [0.25, 0.3) is 0 Å². The summed E-state index contributed by atoms with van der Waals surface area (Å²) < 4.78 is 0. The van der Waals surface area contributed by atoms with E-state index in [4.69, 9.17) is 5.11 Å². The molecule has 0 unspecified atom stereocenters. The fraction of sp³-hybridized carbons (Fsp3) is 0.714. The van der Waals surface area contributed by atoms with Crippen LogP contribution in [-0.4, -0.2) is 16.9 Å². The summed E-state index contributed by atoms with van der Waals surface area (Å²) in [6.45, 7) is 5.29. The van der Waals surface area contributed by atoms with E-state index in [1.54, 1.807) is 0 Å². The highest BCUT2D eigenvalue weighted by Crippen LogP contribution is 2.08. The van der Waals surface area contributed by atoms with Gasteiger partial charge in [0.15, 0.2) is 0 Å². The standard InChI is InChI=1S/C18H32O2.C3H6O/c1-2-3-4-5-6-7-8-9-10-11-12-13-14-15-16-17-18(19)20;1-3(2)4/h6-7,9-10H,2-5,8,11-17H2,1H3,(H,19,20);1-2H3/b7-6-,10-9-;. The van der Waals surface area contributed by atoms with Gasteiger partial charge in [-0.3, -0.25) is 4.79 Å². The molecule has 0 aromatic heterocycles. The Hall–Kier alpha value is -1.38. The number of allylic oxidation sites excluding steroid dienone is 4. The van der Waals surface area contributed by atoms with Gasteiger partial charge in [0.1, 0.15) is 5.78 Å². The second-order valence-electron chi connectivity index (χ2n) is 6.28. The molecule has 0 aromatic rings. The molecule has 0 aromatic carbocycles. The maximum atomic E-state index is 10.3. The molecular weight excluding hydrogens is 300 g/mol. The Bertz CT molecular complexity index is 339. The summed E-state index contributed by atoms with van der Waals surface area (Å²) in [5.74, 6) is -0.504. The molecule has 0 aliphatic heterocycles. The second-order valence-corrected chi connectivity index (χ2v) is 6.28. The lowest BCUT2D eigenvalue weighted by Crippen LogP contribution is -1.93. The molecule has 140 valence electrons. The molecule has 0 atom stereocenters. The molecular formula is C21H38O3. The van der Waals surface area contributed by atoms with Crippen molar-refractivity contribution in [3.8, 4) is 0 Å². The summed E-state index contributed by atoms with van der Waals surface area (Å²) >= 11 is 0. The van der Waals surface area contributed by atoms with Crippen LogP contribution >= 0.6 is 0 Å². The number of carboxylic acid groups (broad SMARTS) is 1. The molecule has 0 aliphatic carbocycles. The van der Waals surface area contributed by atoms with E-state index in [1.165, 1.54) is 58.8 Å². The van der Waals surface area contributed by atoms with Gasteiger partial charge in [-0.25, -0.2) is 0 Å². The first-order chi connectivity index (χ1) is 11.5.